The fraction of sp³-hybridized carbons (Fsp3) is 0.400. The quantitative estimate of drug-likeness (QED) is 0.699. The molecular formula is C15H20O2. The van der Waals surface area contributed by atoms with Gasteiger partial charge in [-0.3, -0.25) is 4.79 Å². The highest BCUT2D eigenvalue weighted by molar-refractivity contribution is 5.69. The Labute approximate surface area is 103 Å². The van der Waals surface area contributed by atoms with Crippen LogP contribution in [-0.4, -0.2) is 12.6 Å². The Bertz CT molecular complexity index is 352. The summed E-state index contributed by atoms with van der Waals surface area (Å²) in [6, 6.07) is 10.1. The van der Waals surface area contributed by atoms with Crippen LogP contribution in [0.2, 0.25) is 0 Å². The number of allylic oxidation sites excluding steroid dienone is 1. The molecule has 0 heterocycles. The van der Waals surface area contributed by atoms with Crippen LogP contribution >= 0.6 is 0 Å². The van der Waals surface area contributed by atoms with Gasteiger partial charge in [-0.15, -0.1) is 0 Å². The van der Waals surface area contributed by atoms with Crippen molar-refractivity contribution in [3.8, 4) is 0 Å². The summed E-state index contributed by atoms with van der Waals surface area (Å²) in [5, 5.41) is 0. The van der Waals surface area contributed by atoms with Crippen LogP contribution in [0.3, 0.4) is 0 Å². The average molecular weight is 232 g/mol. The lowest BCUT2D eigenvalue weighted by Crippen LogP contribution is -2.09. The molecule has 0 saturated heterocycles. The first-order valence-corrected chi connectivity index (χ1v) is 6.05. The van der Waals surface area contributed by atoms with Crippen LogP contribution < -0.4 is 0 Å². The van der Waals surface area contributed by atoms with E-state index in [0.717, 1.165) is 12.0 Å². The van der Waals surface area contributed by atoms with Crippen LogP contribution in [0.5, 0.6) is 0 Å². The Hall–Kier alpha value is -1.57. The molecule has 17 heavy (non-hydrogen) atoms. The third kappa shape index (κ3) is 6.56. The summed E-state index contributed by atoms with van der Waals surface area (Å²) >= 11 is 0. The molecule has 0 amide bonds. The molecule has 92 valence electrons. The number of esters is 1. The van der Waals surface area contributed by atoms with E-state index in [4.69, 9.17) is 4.74 Å². The minimum Gasteiger partial charge on any atom is -0.465 e. The summed E-state index contributed by atoms with van der Waals surface area (Å²) in [4.78, 5) is 11.3. The minimum atomic E-state index is -0.114. The van der Waals surface area contributed by atoms with Gasteiger partial charge >= 0.3 is 5.97 Å². The molecule has 2 nitrogen and oxygen atoms in total. The summed E-state index contributed by atoms with van der Waals surface area (Å²) in [5.41, 5.74) is 1.16. The molecule has 0 aromatic heterocycles. The van der Waals surface area contributed by atoms with E-state index in [2.05, 4.69) is 0 Å². The van der Waals surface area contributed by atoms with Gasteiger partial charge in [-0.05, 0) is 17.9 Å². The molecular weight excluding hydrogens is 212 g/mol. The molecule has 2 heteroatoms. The van der Waals surface area contributed by atoms with Crippen molar-refractivity contribution in [1.82, 2.24) is 0 Å². The number of benzene rings is 1. The molecule has 1 rings (SSSR count). The van der Waals surface area contributed by atoms with Gasteiger partial charge in [-0.25, -0.2) is 0 Å². The highest BCUT2D eigenvalue weighted by atomic mass is 16.5. The molecule has 0 saturated carbocycles. The van der Waals surface area contributed by atoms with Crippen molar-refractivity contribution < 1.29 is 9.53 Å². The number of hydrogen-bond acceptors (Lipinski definition) is 2. The highest BCUT2D eigenvalue weighted by Crippen LogP contribution is 2.04. The summed E-state index contributed by atoms with van der Waals surface area (Å²) in [7, 11) is 0. The molecule has 0 aliphatic carbocycles. The Balaban J connectivity index is 2.19. The zero-order valence-electron chi connectivity index (χ0n) is 10.6. The molecule has 0 bridgehead atoms. The van der Waals surface area contributed by atoms with E-state index in [1.165, 1.54) is 0 Å². The Kier molecular flexibility index (Phi) is 6.08. The fourth-order valence-corrected chi connectivity index (χ4v) is 1.32. The lowest BCUT2D eigenvalue weighted by atomic mass is 10.2. The molecule has 0 aliphatic heterocycles. The first kappa shape index (κ1) is 13.5. The standard InChI is InChI=1S/C15H20O2/c1-13(2)12-17-15(16)11-7-6-10-14-8-4-3-5-9-14/h3-6,8-10,13H,7,11-12H2,1-2H3/b10-6+. The molecule has 0 fully saturated rings. The van der Waals surface area contributed by atoms with Crippen molar-refractivity contribution in [2.75, 3.05) is 6.61 Å². The number of rotatable bonds is 6. The number of carbonyl (C=O) groups excluding carboxylic acids is 1. The molecule has 0 aliphatic rings. The number of carbonyl (C=O) groups is 1. The van der Waals surface area contributed by atoms with E-state index in [0.29, 0.717) is 18.9 Å². The van der Waals surface area contributed by atoms with Crippen molar-refractivity contribution in [2.24, 2.45) is 5.92 Å². The van der Waals surface area contributed by atoms with Crippen LogP contribution in [0.1, 0.15) is 32.3 Å². The van der Waals surface area contributed by atoms with Gasteiger partial charge in [0.1, 0.15) is 0 Å². The maximum absolute atomic E-state index is 11.3. The molecule has 0 unspecified atom stereocenters. The van der Waals surface area contributed by atoms with Gasteiger partial charge in [0.05, 0.1) is 6.61 Å². The third-order valence-electron chi connectivity index (χ3n) is 2.20. The second kappa shape index (κ2) is 7.66. The molecule has 0 atom stereocenters. The van der Waals surface area contributed by atoms with Gasteiger partial charge < -0.3 is 4.74 Å². The maximum atomic E-state index is 11.3. The summed E-state index contributed by atoms with van der Waals surface area (Å²) in [6.45, 7) is 4.58. The normalized spacial score (nSPS) is 11.0. The van der Waals surface area contributed by atoms with E-state index < -0.39 is 0 Å². The van der Waals surface area contributed by atoms with Gasteiger partial charge in [0.25, 0.3) is 0 Å². The topological polar surface area (TPSA) is 26.3 Å². The molecule has 0 spiro atoms. The second-order valence-electron chi connectivity index (χ2n) is 4.43. The monoisotopic (exact) mass is 232 g/mol. The van der Waals surface area contributed by atoms with Crippen LogP contribution in [0.15, 0.2) is 36.4 Å². The van der Waals surface area contributed by atoms with Crippen molar-refractivity contribution in [3.05, 3.63) is 42.0 Å². The number of ether oxygens (including phenoxy) is 1. The van der Waals surface area contributed by atoms with Gasteiger partial charge in [-0.2, -0.15) is 0 Å². The summed E-state index contributed by atoms with van der Waals surface area (Å²) in [6.07, 6.45) is 5.21. The lowest BCUT2D eigenvalue weighted by Gasteiger charge is -2.05. The van der Waals surface area contributed by atoms with E-state index >= 15 is 0 Å². The maximum Gasteiger partial charge on any atom is 0.306 e. The highest BCUT2D eigenvalue weighted by Gasteiger charge is 2.02. The average Bonchev–Trinajstić information content (AvgIpc) is 2.33. The first-order chi connectivity index (χ1) is 8.18. The van der Waals surface area contributed by atoms with E-state index in [1.54, 1.807) is 0 Å². The SMILES string of the molecule is CC(C)COC(=O)CC/C=C/c1ccccc1. The Morgan fingerprint density at radius 3 is 2.65 bits per heavy atom. The van der Waals surface area contributed by atoms with E-state index in [1.807, 2.05) is 56.3 Å². The third-order valence-corrected chi connectivity index (χ3v) is 2.20. The van der Waals surface area contributed by atoms with Gasteiger partial charge in [0.15, 0.2) is 0 Å². The Morgan fingerprint density at radius 2 is 2.00 bits per heavy atom. The predicted molar refractivity (Wildman–Crippen MR) is 70.5 cm³/mol. The molecule has 0 N–H and O–H groups in total. The van der Waals surface area contributed by atoms with Gasteiger partial charge in [0, 0.05) is 6.42 Å². The Morgan fingerprint density at radius 1 is 1.29 bits per heavy atom. The van der Waals surface area contributed by atoms with Crippen LogP contribution in [0.25, 0.3) is 6.08 Å². The van der Waals surface area contributed by atoms with Crippen molar-refractivity contribution in [2.45, 2.75) is 26.7 Å². The van der Waals surface area contributed by atoms with Crippen LogP contribution in [0.4, 0.5) is 0 Å². The molecule has 1 aromatic rings. The van der Waals surface area contributed by atoms with E-state index in [9.17, 15) is 4.79 Å². The van der Waals surface area contributed by atoms with Gasteiger partial charge in [-0.1, -0.05) is 56.3 Å². The van der Waals surface area contributed by atoms with Crippen LogP contribution in [0, 0.1) is 5.92 Å². The fourth-order valence-electron chi connectivity index (χ4n) is 1.32. The van der Waals surface area contributed by atoms with Crippen LogP contribution in [-0.2, 0) is 9.53 Å². The zero-order chi connectivity index (χ0) is 12.5. The van der Waals surface area contributed by atoms with Crippen molar-refractivity contribution >= 4 is 12.0 Å². The van der Waals surface area contributed by atoms with E-state index in [-0.39, 0.29) is 5.97 Å². The largest absolute Gasteiger partial charge is 0.465 e. The predicted octanol–water partition coefficient (Wildman–Crippen LogP) is 3.68. The van der Waals surface area contributed by atoms with Crippen molar-refractivity contribution in [3.63, 3.8) is 0 Å². The van der Waals surface area contributed by atoms with Gasteiger partial charge in [0.2, 0.25) is 0 Å². The number of hydrogen-bond donors (Lipinski definition) is 0. The molecule has 0 radical (unpaired) electrons. The summed E-state index contributed by atoms with van der Waals surface area (Å²) < 4.78 is 5.08. The smallest absolute Gasteiger partial charge is 0.306 e. The minimum absolute atomic E-state index is 0.114. The summed E-state index contributed by atoms with van der Waals surface area (Å²) in [5.74, 6) is 0.287. The zero-order valence-corrected chi connectivity index (χ0v) is 10.6. The second-order valence-corrected chi connectivity index (χ2v) is 4.43. The molecule has 1 aromatic carbocycles. The van der Waals surface area contributed by atoms with Crippen molar-refractivity contribution in [1.29, 1.82) is 0 Å². The lowest BCUT2D eigenvalue weighted by molar-refractivity contribution is -0.144. The first-order valence-electron chi connectivity index (χ1n) is 6.05.